The maximum atomic E-state index is 12.8. The van der Waals surface area contributed by atoms with Crippen molar-refractivity contribution in [2.24, 2.45) is 28.8 Å². The topological polar surface area (TPSA) is 92.0 Å². The standard InChI is InChI=1S/C25H20BrN3O4/c1-32-20-9-18(19(26)10-21(20)33-13-17-5-3-2-4-16(17)11-27)12-28-29-24(30)22-14-6-7-15(8-14)23(22)25(29)31/h2-7,9-10,12,14-15,22-23H,8,13H2,1H3/t14-,15-,22-,23+/m0/s1. The Morgan fingerprint density at radius 1 is 1.15 bits per heavy atom. The summed E-state index contributed by atoms with van der Waals surface area (Å²) in [6.07, 6.45) is 6.47. The van der Waals surface area contributed by atoms with Crippen LogP contribution in [0, 0.1) is 35.0 Å². The van der Waals surface area contributed by atoms with E-state index in [-0.39, 0.29) is 42.1 Å². The third kappa shape index (κ3) is 3.62. The molecule has 2 aromatic rings. The van der Waals surface area contributed by atoms with E-state index >= 15 is 0 Å². The van der Waals surface area contributed by atoms with Gasteiger partial charge in [-0.15, -0.1) is 0 Å². The van der Waals surface area contributed by atoms with Gasteiger partial charge in [0.05, 0.1) is 36.8 Å². The van der Waals surface area contributed by atoms with Crippen LogP contribution in [0.4, 0.5) is 0 Å². The number of halogens is 1. The first-order valence-electron chi connectivity index (χ1n) is 10.6. The lowest BCUT2D eigenvalue weighted by molar-refractivity contribution is -0.140. The number of carbonyl (C=O) groups excluding carboxylic acids is 2. The molecule has 1 saturated heterocycles. The summed E-state index contributed by atoms with van der Waals surface area (Å²) in [5, 5.41) is 14.5. The van der Waals surface area contributed by atoms with E-state index < -0.39 is 0 Å². The quantitative estimate of drug-likeness (QED) is 0.335. The summed E-state index contributed by atoms with van der Waals surface area (Å²) in [4.78, 5) is 25.6. The fraction of sp³-hybridized carbons (Fsp3) is 0.280. The van der Waals surface area contributed by atoms with Gasteiger partial charge in [-0.1, -0.05) is 30.4 Å². The Morgan fingerprint density at radius 3 is 2.52 bits per heavy atom. The molecule has 33 heavy (non-hydrogen) atoms. The zero-order chi connectivity index (χ0) is 23.1. The van der Waals surface area contributed by atoms with E-state index in [0.29, 0.717) is 27.1 Å². The summed E-state index contributed by atoms with van der Waals surface area (Å²) in [7, 11) is 1.53. The van der Waals surface area contributed by atoms with Crippen LogP contribution in [0.2, 0.25) is 0 Å². The van der Waals surface area contributed by atoms with Crippen LogP contribution in [0.3, 0.4) is 0 Å². The van der Waals surface area contributed by atoms with Crippen LogP contribution in [-0.4, -0.2) is 30.1 Å². The highest BCUT2D eigenvalue weighted by atomic mass is 79.9. The van der Waals surface area contributed by atoms with E-state index in [9.17, 15) is 14.9 Å². The van der Waals surface area contributed by atoms with Crippen molar-refractivity contribution in [3.63, 3.8) is 0 Å². The Labute approximate surface area is 199 Å². The zero-order valence-electron chi connectivity index (χ0n) is 17.8. The number of rotatable bonds is 6. The second-order valence-electron chi connectivity index (χ2n) is 8.31. The minimum Gasteiger partial charge on any atom is -0.493 e. The van der Waals surface area contributed by atoms with Gasteiger partial charge in [0, 0.05) is 15.6 Å². The predicted molar refractivity (Wildman–Crippen MR) is 123 cm³/mol. The van der Waals surface area contributed by atoms with Gasteiger partial charge >= 0.3 is 0 Å². The molecular weight excluding hydrogens is 486 g/mol. The summed E-state index contributed by atoms with van der Waals surface area (Å²) in [6.45, 7) is 0.204. The van der Waals surface area contributed by atoms with Gasteiger partial charge in [0.2, 0.25) is 0 Å². The van der Waals surface area contributed by atoms with Crippen LogP contribution >= 0.6 is 15.9 Å². The van der Waals surface area contributed by atoms with Crippen LogP contribution in [0.5, 0.6) is 11.5 Å². The zero-order valence-corrected chi connectivity index (χ0v) is 19.4. The van der Waals surface area contributed by atoms with Gasteiger partial charge in [-0.05, 0) is 52.4 Å². The third-order valence-electron chi connectivity index (χ3n) is 6.56. The number of nitriles is 1. The van der Waals surface area contributed by atoms with Crippen molar-refractivity contribution in [2.75, 3.05) is 7.11 Å². The van der Waals surface area contributed by atoms with Gasteiger partial charge < -0.3 is 9.47 Å². The normalized spacial score (nSPS) is 25.1. The fourth-order valence-corrected chi connectivity index (χ4v) is 5.38. The van der Waals surface area contributed by atoms with Crippen molar-refractivity contribution in [1.29, 1.82) is 5.26 Å². The molecule has 2 fully saturated rings. The fourth-order valence-electron chi connectivity index (χ4n) is 4.95. The molecule has 1 aliphatic heterocycles. The lowest BCUT2D eigenvalue weighted by Crippen LogP contribution is -2.28. The molecule has 8 heteroatoms. The van der Waals surface area contributed by atoms with Crippen molar-refractivity contribution in [1.82, 2.24) is 5.01 Å². The van der Waals surface area contributed by atoms with Gasteiger partial charge in [-0.2, -0.15) is 15.4 Å². The van der Waals surface area contributed by atoms with Gasteiger partial charge in [0.15, 0.2) is 11.5 Å². The number of ether oxygens (including phenoxy) is 2. The highest BCUT2D eigenvalue weighted by Crippen LogP contribution is 2.52. The average Bonchev–Trinajstić information content (AvgIpc) is 3.51. The number of methoxy groups -OCH3 is 1. The molecule has 0 unspecified atom stereocenters. The lowest BCUT2D eigenvalue weighted by Gasteiger charge is -2.14. The van der Waals surface area contributed by atoms with Gasteiger partial charge in [0.25, 0.3) is 11.8 Å². The predicted octanol–water partition coefficient (Wildman–Crippen LogP) is 4.05. The number of hydrazone groups is 1. The Kier molecular flexibility index (Phi) is 5.51. The Balaban J connectivity index is 1.34. The second kappa shape index (κ2) is 8.49. The average molecular weight is 506 g/mol. The van der Waals surface area contributed by atoms with Gasteiger partial charge in [0.1, 0.15) is 6.61 Å². The molecular formula is C25H20BrN3O4. The molecule has 2 aromatic carbocycles. The van der Waals surface area contributed by atoms with Crippen LogP contribution in [0.15, 0.2) is 58.1 Å². The van der Waals surface area contributed by atoms with Crippen LogP contribution in [0.1, 0.15) is 23.1 Å². The number of imide groups is 1. The van der Waals surface area contributed by atoms with Gasteiger partial charge in [-0.25, -0.2) is 0 Å². The number of carbonyl (C=O) groups is 2. The third-order valence-corrected chi connectivity index (χ3v) is 7.25. The number of hydrogen-bond donors (Lipinski definition) is 0. The van der Waals surface area contributed by atoms with Crippen LogP contribution in [-0.2, 0) is 16.2 Å². The minimum atomic E-state index is -0.283. The minimum absolute atomic E-state index is 0.145. The Morgan fingerprint density at radius 2 is 1.85 bits per heavy atom. The maximum Gasteiger partial charge on any atom is 0.254 e. The van der Waals surface area contributed by atoms with Gasteiger partial charge in [-0.3, -0.25) is 9.59 Å². The maximum absolute atomic E-state index is 12.8. The molecule has 0 spiro atoms. The summed E-state index contributed by atoms with van der Waals surface area (Å²) in [5.41, 5.74) is 1.95. The first kappa shape index (κ1) is 21.4. The lowest BCUT2D eigenvalue weighted by atomic mass is 9.85. The van der Waals surface area contributed by atoms with Crippen molar-refractivity contribution in [2.45, 2.75) is 13.0 Å². The summed E-state index contributed by atoms with van der Waals surface area (Å²) in [6, 6.07) is 12.8. The van der Waals surface area contributed by atoms with E-state index in [1.54, 1.807) is 24.3 Å². The molecule has 2 aliphatic carbocycles. The van der Waals surface area contributed by atoms with E-state index in [0.717, 1.165) is 17.0 Å². The molecule has 4 atom stereocenters. The smallest absolute Gasteiger partial charge is 0.254 e. The largest absolute Gasteiger partial charge is 0.493 e. The molecule has 2 amide bonds. The summed E-state index contributed by atoms with van der Waals surface area (Å²) in [5.74, 6) is 0.225. The molecule has 166 valence electrons. The monoisotopic (exact) mass is 505 g/mol. The number of allylic oxidation sites excluding steroid dienone is 2. The highest BCUT2D eigenvalue weighted by Gasteiger charge is 2.59. The number of amides is 2. The number of nitrogens with zero attached hydrogens (tertiary/aromatic N) is 3. The molecule has 0 aromatic heterocycles. The molecule has 1 heterocycles. The van der Waals surface area contributed by atoms with E-state index in [1.165, 1.54) is 13.3 Å². The number of benzene rings is 2. The second-order valence-corrected chi connectivity index (χ2v) is 9.17. The molecule has 0 radical (unpaired) electrons. The van der Waals surface area contributed by atoms with E-state index in [1.807, 2.05) is 12.1 Å². The first-order valence-corrected chi connectivity index (χ1v) is 11.4. The molecule has 7 nitrogen and oxygen atoms in total. The number of hydrogen-bond acceptors (Lipinski definition) is 6. The van der Waals surface area contributed by atoms with E-state index in [4.69, 9.17) is 9.47 Å². The molecule has 0 N–H and O–H groups in total. The van der Waals surface area contributed by atoms with Crippen molar-refractivity contribution < 1.29 is 19.1 Å². The van der Waals surface area contributed by atoms with Crippen molar-refractivity contribution in [3.05, 3.63) is 69.7 Å². The van der Waals surface area contributed by atoms with E-state index in [2.05, 4.69) is 39.3 Å². The summed E-state index contributed by atoms with van der Waals surface area (Å²) < 4.78 is 12.0. The molecule has 2 bridgehead atoms. The first-order chi connectivity index (χ1) is 16.0. The summed E-state index contributed by atoms with van der Waals surface area (Å²) >= 11 is 3.50. The SMILES string of the molecule is COc1cc(C=NN2C(=O)[C@@H]3[C@H](C2=O)[C@H]2C=C[C@H]3C2)c(Br)cc1OCc1ccccc1C#N. The highest BCUT2D eigenvalue weighted by molar-refractivity contribution is 9.10. The Bertz CT molecular complexity index is 1220. The number of fused-ring (bicyclic) bond motifs is 5. The molecule has 1 saturated carbocycles. The van der Waals surface area contributed by atoms with Crippen molar-refractivity contribution >= 4 is 34.0 Å². The Hall–Kier alpha value is -3.44. The van der Waals surface area contributed by atoms with Crippen LogP contribution < -0.4 is 9.47 Å². The van der Waals surface area contributed by atoms with Crippen LogP contribution in [0.25, 0.3) is 0 Å². The molecule has 3 aliphatic rings. The molecule has 5 rings (SSSR count). The van der Waals surface area contributed by atoms with Crippen molar-refractivity contribution in [3.8, 4) is 17.6 Å².